The molecule has 0 fully saturated rings. The van der Waals surface area contributed by atoms with Crippen LogP contribution < -0.4 is 15.4 Å². The standard InChI is InChI=1S/C17H14F6N2O2/c1-9-3-2-4-13(27-15(19)20)14(9)25-16(26)24-8-10-5-6-11(18)7-12(10)17(21,22)23/h2-7,15H,8H2,1H3,(H2,24,25,26). The maximum absolute atomic E-state index is 13.1. The van der Waals surface area contributed by atoms with E-state index in [0.717, 1.165) is 12.1 Å². The zero-order valence-corrected chi connectivity index (χ0v) is 13.8. The summed E-state index contributed by atoms with van der Waals surface area (Å²) in [5, 5.41) is 4.43. The fraction of sp³-hybridized carbons (Fsp3) is 0.235. The van der Waals surface area contributed by atoms with E-state index in [1.165, 1.54) is 25.1 Å². The maximum Gasteiger partial charge on any atom is 0.416 e. The predicted molar refractivity (Wildman–Crippen MR) is 85.1 cm³/mol. The largest absolute Gasteiger partial charge is 0.433 e. The summed E-state index contributed by atoms with van der Waals surface area (Å²) >= 11 is 0. The Morgan fingerprint density at radius 1 is 1.19 bits per heavy atom. The van der Waals surface area contributed by atoms with Gasteiger partial charge in [-0.05, 0) is 36.2 Å². The van der Waals surface area contributed by atoms with Gasteiger partial charge < -0.3 is 15.4 Å². The third-order valence-electron chi connectivity index (χ3n) is 3.51. The number of halogens is 6. The Kier molecular flexibility index (Phi) is 6.19. The number of urea groups is 1. The molecule has 2 rings (SSSR count). The van der Waals surface area contributed by atoms with Crippen LogP contribution in [0.1, 0.15) is 16.7 Å². The average molecular weight is 392 g/mol. The third-order valence-corrected chi connectivity index (χ3v) is 3.51. The monoisotopic (exact) mass is 392 g/mol. The minimum atomic E-state index is -4.80. The van der Waals surface area contributed by atoms with Gasteiger partial charge in [-0.1, -0.05) is 18.2 Å². The van der Waals surface area contributed by atoms with Crippen LogP contribution in [0.15, 0.2) is 36.4 Å². The fourth-order valence-electron chi connectivity index (χ4n) is 2.30. The minimum absolute atomic E-state index is 0.0505. The van der Waals surface area contributed by atoms with E-state index < -0.39 is 36.7 Å². The van der Waals surface area contributed by atoms with Crippen LogP contribution in [0.5, 0.6) is 5.75 Å². The first-order valence-electron chi connectivity index (χ1n) is 7.53. The number of rotatable bonds is 5. The van der Waals surface area contributed by atoms with E-state index in [-0.39, 0.29) is 17.0 Å². The molecule has 2 aromatic rings. The van der Waals surface area contributed by atoms with Crippen molar-refractivity contribution in [1.29, 1.82) is 0 Å². The van der Waals surface area contributed by atoms with E-state index in [2.05, 4.69) is 15.4 Å². The molecule has 0 heterocycles. The van der Waals surface area contributed by atoms with Crippen LogP contribution in [0.25, 0.3) is 0 Å². The van der Waals surface area contributed by atoms with Gasteiger partial charge in [-0.15, -0.1) is 0 Å². The second-order valence-electron chi connectivity index (χ2n) is 5.43. The lowest BCUT2D eigenvalue weighted by Gasteiger charge is -2.16. The lowest BCUT2D eigenvalue weighted by atomic mass is 10.1. The number of ether oxygens (including phenoxy) is 1. The molecule has 0 atom stereocenters. The summed E-state index contributed by atoms with van der Waals surface area (Å²) in [6.07, 6.45) is -4.80. The highest BCUT2D eigenvalue weighted by molar-refractivity contribution is 5.91. The SMILES string of the molecule is Cc1cccc(OC(F)F)c1NC(=O)NCc1ccc(F)cc1C(F)(F)F. The van der Waals surface area contributed by atoms with Gasteiger partial charge in [0, 0.05) is 6.54 Å². The number of aryl methyl sites for hydroxylation is 1. The molecule has 146 valence electrons. The van der Waals surface area contributed by atoms with Gasteiger partial charge >= 0.3 is 18.8 Å². The van der Waals surface area contributed by atoms with Crippen molar-refractivity contribution in [3.05, 3.63) is 58.9 Å². The lowest BCUT2D eigenvalue weighted by molar-refractivity contribution is -0.138. The van der Waals surface area contributed by atoms with Crippen molar-refractivity contribution in [2.24, 2.45) is 0 Å². The summed E-state index contributed by atoms with van der Waals surface area (Å²) in [5.41, 5.74) is -1.22. The molecule has 0 saturated heterocycles. The number of hydrogen-bond acceptors (Lipinski definition) is 2. The van der Waals surface area contributed by atoms with Crippen molar-refractivity contribution in [2.75, 3.05) is 5.32 Å². The van der Waals surface area contributed by atoms with Crippen molar-refractivity contribution in [1.82, 2.24) is 5.32 Å². The van der Waals surface area contributed by atoms with E-state index in [1.54, 1.807) is 0 Å². The zero-order valence-electron chi connectivity index (χ0n) is 13.8. The first-order valence-corrected chi connectivity index (χ1v) is 7.53. The van der Waals surface area contributed by atoms with E-state index in [0.29, 0.717) is 11.6 Å². The van der Waals surface area contributed by atoms with E-state index in [9.17, 15) is 31.1 Å². The zero-order chi connectivity index (χ0) is 20.2. The van der Waals surface area contributed by atoms with Crippen molar-refractivity contribution < 1.29 is 35.9 Å². The molecule has 0 saturated carbocycles. The summed E-state index contributed by atoms with van der Waals surface area (Å²) < 4.78 is 81.1. The minimum Gasteiger partial charge on any atom is -0.433 e. The van der Waals surface area contributed by atoms with E-state index in [4.69, 9.17) is 0 Å². The summed E-state index contributed by atoms with van der Waals surface area (Å²) in [4.78, 5) is 12.0. The molecule has 0 bridgehead atoms. The Morgan fingerprint density at radius 3 is 2.52 bits per heavy atom. The Morgan fingerprint density at radius 2 is 1.89 bits per heavy atom. The third kappa shape index (κ3) is 5.53. The smallest absolute Gasteiger partial charge is 0.416 e. The Bertz CT molecular complexity index is 824. The topological polar surface area (TPSA) is 50.4 Å². The van der Waals surface area contributed by atoms with Gasteiger partial charge in [0.2, 0.25) is 0 Å². The van der Waals surface area contributed by atoms with Crippen LogP contribution in [0.3, 0.4) is 0 Å². The van der Waals surface area contributed by atoms with Crippen LogP contribution >= 0.6 is 0 Å². The van der Waals surface area contributed by atoms with Gasteiger partial charge in [-0.25, -0.2) is 9.18 Å². The number of carbonyl (C=O) groups is 1. The van der Waals surface area contributed by atoms with Gasteiger partial charge in [0.05, 0.1) is 11.3 Å². The number of anilines is 1. The number of benzene rings is 2. The fourth-order valence-corrected chi connectivity index (χ4v) is 2.30. The van der Waals surface area contributed by atoms with Crippen molar-refractivity contribution >= 4 is 11.7 Å². The predicted octanol–water partition coefficient (Wildman–Crippen LogP) is 5.08. The second kappa shape index (κ2) is 8.19. The second-order valence-corrected chi connectivity index (χ2v) is 5.43. The first kappa shape index (κ1) is 20.4. The van der Waals surface area contributed by atoms with Gasteiger partial charge in [-0.3, -0.25) is 0 Å². The molecule has 27 heavy (non-hydrogen) atoms. The number of hydrogen-bond donors (Lipinski definition) is 2. The van der Waals surface area contributed by atoms with Gasteiger partial charge in [-0.2, -0.15) is 22.0 Å². The summed E-state index contributed by atoms with van der Waals surface area (Å²) in [6, 6.07) is 5.28. The molecular formula is C17H14F6N2O2. The van der Waals surface area contributed by atoms with Crippen molar-refractivity contribution in [3.63, 3.8) is 0 Å². The molecule has 2 N–H and O–H groups in total. The highest BCUT2D eigenvalue weighted by Crippen LogP contribution is 2.33. The Labute approximate surface area is 150 Å². The number of carbonyl (C=O) groups excluding carboxylic acids is 1. The molecule has 2 amide bonds. The molecule has 0 spiro atoms. The van der Waals surface area contributed by atoms with E-state index >= 15 is 0 Å². The number of para-hydroxylation sites is 1. The summed E-state index contributed by atoms with van der Waals surface area (Å²) in [7, 11) is 0. The molecule has 0 radical (unpaired) electrons. The quantitative estimate of drug-likeness (QED) is 0.698. The molecule has 0 aliphatic carbocycles. The molecule has 0 aromatic heterocycles. The van der Waals surface area contributed by atoms with Crippen molar-refractivity contribution in [2.45, 2.75) is 26.3 Å². The van der Waals surface area contributed by atoms with Gasteiger partial charge in [0.15, 0.2) is 0 Å². The molecular weight excluding hydrogens is 378 g/mol. The molecule has 2 aromatic carbocycles. The van der Waals surface area contributed by atoms with Crippen LogP contribution in [0, 0.1) is 12.7 Å². The summed E-state index contributed by atoms with van der Waals surface area (Å²) in [5.74, 6) is -1.36. The highest BCUT2D eigenvalue weighted by Gasteiger charge is 2.33. The molecule has 0 aliphatic rings. The average Bonchev–Trinajstić information content (AvgIpc) is 2.55. The lowest BCUT2D eigenvalue weighted by Crippen LogP contribution is -2.29. The van der Waals surface area contributed by atoms with Crippen LogP contribution in [0.2, 0.25) is 0 Å². The van der Waals surface area contributed by atoms with Crippen LogP contribution in [0.4, 0.5) is 36.8 Å². The van der Waals surface area contributed by atoms with Gasteiger partial charge in [0.1, 0.15) is 11.6 Å². The molecule has 0 aliphatic heterocycles. The van der Waals surface area contributed by atoms with E-state index in [1.807, 2.05) is 0 Å². The molecule has 10 heteroatoms. The van der Waals surface area contributed by atoms with Crippen LogP contribution in [-0.2, 0) is 12.7 Å². The maximum atomic E-state index is 13.1. The Hall–Kier alpha value is -2.91. The Balaban J connectivity index is 2.13. The number of amides is 2. The molecule has 0 unspecified atom stereocenters. The normalized spacial score (nSPS) is 11.4. The molecule has 4 nitrogen and oxygen atoms in total. The van der Waals surface area contributed by atoms with Gasteiger partial charge in [0.25, 0.3) is 0 Å². The van der Waals surface area contributed by atoms with Crippen LogP contribution in [-0.4, -0.2) is 12.6 Å². The van der Waals surface area contributed by atoms with Crippen molar-refractivity contribution in [3.8, 4) is 5.75 Å². The summed E-state index contributed by atoms with van der Waals surface area (Å²) in [6.45, 7) is -2.16. The highest BCUT2D eigenvalue weighted by atomic mass is 19.4. The number of nitrogens with one attached hydrogen (secondary N) is 2. The number of alkyl halides is 5. The first-order chi connectivity index (χ1) is 12.6.